The molecular formula is C23H24NO7S2-. The molecule has 0 radical (unpaired) electrons. The van der Waals surface area contributed by atoms with Crippen LogP contribution < -0.4 is 4.31 Å². The van der Waals surface area contributed by atoms with E-state index in [0.29, 0.717) is 23.5 Å². The second kappa shape index (κ2) is 12.4. The molecule has 2 aliphatic rings. The number of carbonyl (C=O) groups excluding carboxylic acids is 2. The summed E-state index contributed by atoms with van der Waals surface area (Å²) in [5.74, 6) is 0.547. The van der Waals surface area contributed by atoms with E-state index in [0.717, 1.165) is 22.7 Å². The molecule has 1 heterocycles. The smallest absolute Gasteiger partial charge is 0.306 e. The summed E-state index contributed by atoms with van der Waals surface area (Å²) >= 11 is -1.41. The Hall–Kier alpha value is -2.82. The summed E-state index contributed by atoms with van der Waals surface area (Å²) in [6.45, 7) is 0. The van der Waals surface area contributed by atoms with Crippen LogP contribution in [0.2, 0.25) is 0 Å². The third-order valence-corrected chi connectivity index (χ3v) is 6.42. The highest BCUT2D eigenvalue weighted by atomic mass is 32.2. The minimum absolute atomic E-state index is 0.0233. The number of hydrogen-bond donors (Lipinski definition) is 0. The van der Waals surface area contributed by atoms with E-state index < -0.39 is 11.3 Å². The second-order valence-electron chi connectivity index (χ2n) is 7.11. The number of thioether (sulfide) groups is 1. The van der Waals surface area contributed by atoms with Crippen molar-refractivity contribution in [3.05, 3.63) is 77.8 Å². The number of Topliss-reactive ketones (excluding diaryl/α,β-unsaturated/α-hetero) is 1. The molecule has 0 spiro atoms. The Morgan fingerprint density at radius 2 is 2.15 bits per heavy atom. The number of rotatable bonds is 11. The van der Waals surface area contributed by atoms with Crippen LogP contribution in [-0.2, 0) is 30.3 Å². The van der Waals surface area contributed by atoms with Crippen LogP contribution >= 0.6 is 11.8 Å². The lowest BCUT2D eigenvalue weighted by Crippen LogP contribution is -2.27. The van der Waals surface area contributed by atoms with Gasteiger partial charge in [-0.25, -0.2) is 4.31 Å². The summed E-state index contributed by atoms with van der Waals surface area (Å²) in [6, 6.07) is 6.25. The van der Waals surface area contributed by atoms with Gasteiger partial charge in [0.05, 0.1) is 36.2 Å². The normalized spacial score (nSPS) is 15.9. The molecule has 8 nitrogen and oxygen atoms in total. The first-order valence-electron chi connectivity index (χ1n) is 10.2. The van der Waals surface area contributed by atoms with Crippen molar-refractivity contribution in [2.45, 2.75) is 25.7 Å². The number of ketones is 1. The second-order valence-corrected chi connectivity index (χ2v) is 9.02. The monoisotopic (exact) mass is 490 g/mol. The summed E-state index contributed by atoms with van der Waals surface area (Å²) < 4.78 is 40.8. The Morgan fingerprint density at radius 3 is 2.88 bits per heavy atom. The highest BCUT2D eigenvalue weighted by Gasteiger charge is 2.22. The highest BCUT2D eigenvalue weighted by molar-refractivity contribution is 8.00. The highest BCUT2D eigenvalue weighted by Crippen LogP contribution is 2.30. The number of methoxy groups -OCH3 is 1. The zero-order valence-corrected chi connectivity index (χ0v) is 19.7. The standard InChI is InChI=1S/C23H25NO7S2/c1-29-23(26)10-11-32-16-21(25)18-8-5-9-19(13-18)24(33(27)28)22-15-30-14-20(31-22)12-17-6-3-2-4-7-17/h2-3,5-6,8-9,13-15H,4,7,10-12,16H2,1H3,(H,27,28)/p-1. The van der Waals surface area contributed by atoms with Gasteiger partial charge in [0.2, 0.25) is 5.88 Å². The van der Waals surface area contributed by atoms with Gasteiger partial charge in [0.25, 0.3) is 0 Å². The molecule has 0 saturated carbocycles. The third-order valence-electron chi connectivity index (χ3n) is 4.77. The van der Waals surface area contributed by atoms with E-state index in [2.05, 4.69) is 10.8 Å². The lowest BCUT2D eigenvalue weighted by molar-refractivity contribution is -0.140. The van der Waals surface area contributed by atoms with E-state index in [4.69, 9.17) is 9.47 Å². The largest absolute Gasteiger partial charge is 0.755 e. The van der Waals surface area contributed by atoms with Crippen molar-refractivity contribution in [3.63, 3.8) is 0 Å². The Morgan fingerprint density at radius 1 is 1.30 bits per heavy atom. The molecular weight excluding hydrogens is 466 g/mol. The van der Waals surface area contributed by atoms with E-state index in [9.17, 15) is 18.4 Å². The molecule has 1 aromatic carbocycles. The van der Waals surface area contributed by atoms with Crippen LogP contribution in [0.15, 0.2) is 72.2 Å². The number of carbonyl (C=O) groups is 2. The van der Waals surface area contributed by atoms with Gasteiger partial charge in [-0.1, -0.05) is 35.9 Å². The maximum Gasteiger partial charge on any atom is 0.306 e. The average molecular weight is 491 g/mol. The maximum atomic E-state index is 12.6. The SMILES string of the molecule is COC(=O)CCSCC(=O)c1cccc(N(C2=COC=C(CC3=CC=CCC3)O2)S(=O)[O-])c1. The number of ether oxygens (including phenoxy) is 3. The van der Waals surface area contributed by atoms with Crippen molar-refractivity contribution >= 4 is 40.5 Å². The summed E-state index contributed by atoms with van der Waals surface area (Å²) in [5.41, 5.74) is 1.74. The fraction of sp³-hybridized carbons (Fsp3) is 0.304. The molecule has 33 heavy (non-hydrogen) atoms. The van der Waals surface area contributed by atoms with Crippen molar-refractivity contribution in [1.82, 2.24) is 0 Å². The van der Waals surface area contributed by atoms with Crippen molar-refractivity contribution in [2.24, 2.45) is 0 Å². The lowest BCUT2D eigenvalue weighted by Gasteiger charge is -2.30. The predicted molar refractivity (Wildman–Crippen MR) is 126 cm³/mol. The molecule has 1 aliphatic heterocycles. The fourth-order valence-electron chi connectivity index (χ4n) is 3.14. The topological polar surface area (TPSA) is 105 Å². The van der Waals surface area contributed by atoms with Gasteiger partial charge in [-0.3, -0.25) is 13.8 Å². The number of allylic oxidation sites excluding steroid dienone is 4. The minimum Gasteiger partial charge on any atom is -0.755 e. The van der Waals surface area contributed by atoms with E-state index in [1.165, 1.54) is 37.5 Å². The zero-order valence-electron chi connectivity index (χ0n) is 18.1. The summed E-state index contributed by atoms with van der Waals surface area (Å²) in [7, 11) is 1.31. The number of anilines is 1. The number of hydrogen-bond acceptors (Lipinski definition) is 8. The molecule has 0 saturated heterocycles. The molecule has 1 unspecified atom stereocenters. The van der Waals surface area contributed by atoms with Gasteiger partial charge in [-0.05, 0) is 25.0 Å². The predicted octanol–water partition coefficient (Wildman–Crippen LogP) is 4.12. The van der Waals surface area contributed by atoms with Crippen LogP contribution in [-0.4, -0.2) is 39.1 Å². The summed E-state index contributed by atoms with van der Waals surface area (Å²) in [6.07, 6.45) is 11.3. The van der Waals surface area contributed by atoms with Crippen LogP contribution in [0.25, 0.3) is 0 Å². The average Bonchev–Trinajstić information content (AvgIpc) is 2.82. The molecule has 0 amide bonds. The number of nitrogens with zero attached hydrogens (tertiary/aromatic N) is 1. The van der Waals surface area contributed by atoms with E-state index >= 15 is 0 Å². The van der Waals surface area contributed by atoms with Crippen LogP contribution in [0.1, 0.15) is 36.0 Å². The third kappa shape index (κ3) is 7.34. The molecule has 1 aliphatic carbocycles. The van der Waals surface area contributed by atoms with Crippen molar-refractivity contribution < 1.29 is 32.6 Å². The van der Waals surface area contributed by atoms with Crippen LogP contribution in [0.5, 0.6) is 0 Å². The molecule has 3 rings (SSSR count). The van der Waals surface area contributed by atoms with Crippen LogP contribution in [0, 0.1) is 0 Å². The van der Waals surface area contributed by atoms with E-state index in [-0.39, 0.29) is 35.5 Å². The first kappa shape index (κ1) is 24.8. The Bertz CT molecular complexity index is 1030. The first-order valence-corrected chi connectivity index (χ1v) is 12.4. The van der Waals surface area contributed by atoms with Gasteiger partial charge in [-0.2, -0.15) is 11.8 Å². The number of benzene rings is 1. The first-order chi connectivity index (χ1) is 16.0. The molecule has 10 heteroatoms. The molecule has 0 bridgehead atoms. The quantitative estimate of drug-likeness (QED) is 0.197. The molecule has 0 fully saturated rings. The van der Waals surface area contributed by atoms with Crippen molar-refractivity contribution in [1.29, 1.82) is 0 Å². The Kier molecular flexibility index (Phi) is 9.35. The molecule has 176 valence electrons. The van der Waals surface area contributed by atoms with E-state index in [1.54, 1.807) is 18.2 Å². The van der Waals surface area contributed by atoms with Gasteiger partial charge in [0.15, 0.2) is 12.0 Å². The maximum absolute atomic E-state index is 12.6. The fourth-order valence-corrected chi connectivity index (χ4v) is 4.46. The zero-order chi connectivity index (χ0) is 23.6. The van der Waals surface area contributed by atoms with Gasteiger partial charge < -0.3 is 18.8 Å². The van der Waals surface area contributed by atoms with Gasteiger partial charge in [-0.15, -0.1) is 0 Å². The summed E-state index contributed by atoms with van der Waals surface area (Å²) in [4.78, 5) is 23.7. The molecule has 0 aromatic heterocycles. The number of esters is 1. The summed E-state index contributed by atoms with van der Waals surface area (Å²) in [5, 5.41) is 0. The Balaban J connectivity index is 1.67. The Labute approximate surface area is 199 Å². The van der Waals surface area contributed by atoms with Crippen molar-refractivity contribution in [3.8, 4) is 0 Å². The van der Waals surface area contributed by atoms with Gasteiger partial charge in [0.1, 0.15) is 12.0 Å². The van der Waals surface area contributed by atoms with Crippen LogP contribution in [0.4, 0.5) is 5.69 Å². The molecule has 0 N–H and O–H groups in total. The van der Waals surface area contributed by atoms with E-state index in [1.807, 2.05) is 12.2 Å². The minimum atomic E-state index is -2.72. The van der Waals surface area contributed by atoms with Gasteiger partial charge >= 0.3 is 5.97 Å². The molecule has 1 atom stereocenters. The van der Waals surface area contributed by atoms with Crippen LogP contribution in [0.3, 0.4) is 0 Å². The lowest BCUT2D eigenvalue weighted by atomic mass is 10.0. The van der Waals surface area contributed by atoms with Crippen molar-refractivity contribution in [2.75, 3.05) is 22.9 Å². The molecule has 1 aromatic rings. The van der Waals surface area contributed by atoms with Gasteiger partial charge in [0, 0.05) is 17.7 Å².